The number of aromatic nitrogens is 2. The summed E-state index contributed by atoms with van der Waals surface area (Å²) in [6.07, 6.45) is 0.786. The van der Waals surface area contributed by atoms with E-state index in [1.807, 2.05) is 61.5 Å². The molecule has 4 aromatic rings. The molecule has 1 fully saturated rings. The molecule has 3 N–H and O–H groups in total. The van der Waals surface area contributed by atoms with E-state index in [2.05, 4.69) is 37.7 Å². The van der Waals surface area contributed by atoms with Gasteiger partial charge in [0.2, 0.25) is 0 Å². The molecule has 2 aromatic heterocycles. The van der Waals surface area contributed by atoms with Gasteiger partial charge in [0.15, 0.2) is 0 Å². The molecule has 0 radical (unpaired) electrons. The van der Waals surface area contributed by atoms with Crippen LogP contribution in [0, 0.1) is 0 Å². The summed E-state index contributed by atoms with van der Waals surface area (Å²) in [5, 5.41) is 13.9. The molecule has 0 aliphatic carbocycles. The molecule has 0 spiro atoms. The molecule has 3 heterocycles. The minimum absolute atomic E-state index is 0.0670. The van der Waals surface area contributed by atoms with Gasteiger partial charge < -0.3 is 20.4 Å². The highest BCUT2D eigenvalue weighted by Crippen LogP contribution is 2.30. The van der Waals surface area contributed by atoms with Gasteiger partial charge in [0, 0.05) is 37.4 Å². The molecule has 1 unspecified atom stereocenters. The van der Waals surface area contributed by atoms with E-state index >= 15 is 0 Å². The maximum Gasteiger partial charge on any atom is 0.261 e. The second-order valence-electron chi connectivity index (χ2n) is 9.06. The number of hydrogen-bond acceptors (Lipinski definition) is 6. The number of anilines is 2. The highest BCUT2D eigenvalue weighted by Gasteiger charge is 2.20. The predicted octanol–water partition coefficient (Wildman–Crippen LogP) is 4.51. The van der Waals surface area contributed by atoms with E-state index in [9.17, 15) is 9.59 Å². The van der Waals surface area contributed by atoms with Gasteiger partial charge in [0.25, 0.3) is 11.8 Å². The van der Waals surface area contributed by atoms with Gasteiger partial charge in [-0.2, -0.15) is 5.10 Å². The van der Waals surface area contributed by atoms with Crippen molar-refractivity contribution in [1.29, 1.82) is 0 Å². The van der Waals surface area contributed by atoms with Crippen LogP contribution in [0.4, 0.5) is 11.5 Å². The molecule has 1 atom stereocenters. The fourth-order valence-electron chi connectivity index (χ4n) is 4.43. The molecule has 9 heteroatoms. The van der Waals surface area contributed by atoms with Crippen molar-refractivity contribution in [3.8, 4) is 0 Å². The molecule has 1 aliphatic rings. The number of carbonyl (C=O) groups excluding carboxylic acids is 2. The first-order valence-electron chi connectivity index (χ1n) is 12.2. The number of H-pyrrole nitrogens is 1. The number of piperazine rings is 1. The van der Waals surface area contributed by atoms with Crippen LogP contribution in [0.5, 0.6) is 0 Å². The zero-order valence-corrected chi connectivity index (χ0v) is 21.3. The van der Waals surface area contributed by atoms with Crippen molar-refractivity contribution in [2.75, 3.05) is 43.4 Å². The standard InChI is InChI=1S/C27H30N6O2S/c1-3-22(18-7-5-4-6-8-18)28-26(35)23-17-21-24(30-31-27(21)36-23)29-25(34)19-9-11-20(12-10-19)33-15-13-32(2)14-16-33/h4-12,17,22H,3,13-16H2,1-2H3,(H,28,35)(H2,29,30,31,34). The number of rotatable bonds is 7. The Balaban J connectivity index is 1.26. The van der Waals surface area contributed by atoms with Gasteiger partial charge in [-0.15, -0.1) is 11.3 Å². The Bertz CT molecular complexity index is 1340. The predicted molar refractivity (Wildman–Crippen MR) is 145 cm³/mol. The summed E-state index contributed by atoms with van der Waals surface area (Å²) in [4.78, 5) is 31.7. The number of thiophene rings is 1. The molecule has 1 saturated heterocycles. The highest BCUT2D eigenvalue weighted by molar-refractivity contribution is 7.20. The normalized spacial score (nSPS) is 15.1. The molecule has 1 aliphatic heterocycles. The Morgan fingerprint density at radius 3 is 2.44 bits per heavy atom. The molecule has 186 valence electrons. The lowest BCUT2D eigenvalue weighted by Gasteiger charge is -2.34. The average Bonchev–Trinajstić information content (AvgIpc) is 3.50. The first-order valence-corrected chi connectivity index (χ1v) is 13.0. The van der Waals surface area contributed by atoms with Crippen LogP contribution in [0.3, 0.4) is 0 Å². The maximum absolute atomic E-state index is 13.0. The highest BCUT2D eigenvalue weighted by atomic mass is 32.1. The van der Waals surface area contributed by atoms with Gasteiger partial charge in [-0.05, 0) is 49.4 Å². The minimum atomic E-state index is -0.224. The van der Waals surface area contributed by atoms with Crippen molar-refractivity contribution in [3.63, 3.8) is 0 Å². The van der Waals surface area contributed by atoms with Crippen molar-refractivity contribution in [3.05, 3.63) is 76.7 Å². The SMILES string of the molecule is CCC(NC(=O)c1cc2c(NC(=O)c3ccc(N4CCN(C)CC4)cc3)[nH]nc2s1)c1ccccc1. The van der Waals surface area contributed by atoms with Crippen LogP contribution in [0.1, 0.15) is 45.0 Å². The third-order valence-electron chi connectivity index (χ3n) is 6.63. The van der Waals surface area contributed by atoms with Crippen LogP contribution in [0.15, 0.2) is 60.7 Å². The van der Waals surface area contributed by atoms with Gasteiger partial charge in [-0.25, -0.2) is 0 Å². The molecule has 0 bridgehead atoms. The monoisotopic (exact) mass is 502 g/mol. The fraction of sp³-hybridized carbons (Fsp3) is 0.296. The summed E-state index contributed by atoms with van der Waals surface area (Å²) < 4.78 is 0. The summed E-state index contributed by atoms with van der Waals surface area (Å²) >= 11 is 1.30. The van der Waals surface area contributed by atoms with E-state index in [0.717, 1.165) is 49.2 Å². The minimum Gasteiger partial charge on any atom is -0.369 e. The van der Waals surface area contributed by atoms with Gasteiger partial charge in [-0.1, -0.05) is 37.3 Å². The lowest BCUT2D eigenvalue weighted by molar-refractivity contribution is 0.0939. The van der Waals surface area contributed by atoms with E-state index in [4.69, 9.17) is 0 Å². The molecule has 5 rings (SSSR count). The molecule has 2 amide bonds. The van der Waals surface area contributed by atoms with Crippen molar-refractivity contribution in [2.45, 2.75) is 19.4 Å². The summed E-state index contributed by atoms with van der Waals surface area (Å²) in [5.41, 5.74) is 2.76. The Morgan fingerprint density at radius 1 is 1.03 bits per heavy atom. The second-order valence-corrected chi connectivity index (χ2v) is 10.1. The molecule has 2 aromatic carbocycles. The summed E-state index contributed by atoms with van der Waals surface area (Å²) in [6, 6.07) is 19.3. The zero-order valence-electron chi connectivity index (χ0n) is 20.5. The topological polar surface area (TPSA) is 93.4 Å². The van der Waals surface area contributed by atoms with Crippen molar-refractivity contribution >= 4 is 44.9 Å². The quantitative estimate of drug-likeness (QED) is 0.346. The summed E-state index contributed by atoms with van der Waals surface area (Å²) in [6.45, 7) is 6.07. The molecule has 8 nitrogen and oxygen atoms in total. The molecular weight excluding hydrogens is 472 g/mol. The average molecular weight is 503 g/mol. The summed E-state index contributed by atoms with van der Waals surface area (Å²) in [7, 11) is 2.13. The van der Waals surface area contributed by atoms with Gasteiger partial charge in [0.05, 0.1) is 16.3 Å². The zero-order chi connectivity index (χ0) is 25.1. The van der Waals surface area contributed by atoms with Crippen LogP contribution >= 0.6 is 11.3 Å². The largest absolute Gasteiger partial charge is 0.369 e. The van der Waals surface area contributed by atoms with E-state index < -0.39 is 0 Å². The lowest BCUT2D eigenvalue weighted by atomic mass is 10.0. The number of nitrogens with one attached hydrogen (secondary N) is 3. The third-order valence-corrected chi connectivity index (χ3v) is 7.65. The van der Waals surface area contributed by atoms with Crippen LogP contribution in [0.25, 0.3) is 10.2 Å². The second kappa shape index (κ2) is 10.5. The number of nitrogens with zero attached hydrogens (tertiary/aromatic N) is 3. The maximum atomic E-state index is 13.0. The first kappa shape index (κ1) is 24.0. The number of benzene rings is 2. The Morgan fingerprint density at radius 2 is 1.75 bits per heavy atom. The van der Waals surface area contributed by atoms with Gasteiger partial charge >= 0.3 is 0 Å². The van der Waals surface area contributed by atoms with Crippen molar-refractivity contribution in [1.82, 2.24) is 20.4 Å². The Hall–Kier alpha value is -3.69. The van der Waals surface area contributed by atoms with Crippen molar-refractivity contribution in [2.24, 2.45) is 0 Å². The molecular formula is C27H30N6O2S. The van der Waals surface area contributed by atoms with Crippen LogP contribution in [0.2, 0.25) is 0 Å². The van der Waals surface area contributed by atoms with Crippen molar-refractivity contribution < 1.29 is 9.59 Å². The van der Waals surface area contributed by atoms with E-state index in [1.54, 1.807) is 6.07 Å². The number of carbonyl (C=O) groups is 2. The number of hydrogen-bond donors (Lipinski definition) is 3. The van der Waals surface area contributed by atoms with Gasteiger partial charge in [-0.3, -0.25) is 14.7 Å². The van der Waals surface area contributed by atoms with E-state index in [0.29, 0.717) is 21.1 Å². The lowest BCUT2D eigenvalue weighted by Crippen LogP contribution is -2.44. The van der Waals surface area contributed by atoms with Gasteiger partial charge in [0.1, 0.15) is 10.6 Å². The van der Waals surface area contributed by atoms with Crippen LogP contribution in [-0.2, 0) is 0 Å². The summed E-state index contributed by atoms with van der Waals surface area (Å²) in [5.74, 6) is 0.117. The number of amides is 2. The molecule has 0 saturated carbocycles. The van der Waals surface area contributed by atoms with E-state index in [-0.39, 0.29) is 17.9 Å². The van der Waals surface area contributed by atoms with Crippen LogP contribution in [-0.4, -0.2) is 60.1 Å². The first-order chi connectivity index (χ1) is 17.5. The Kier molecular flexibility index (Phi) is 7.02. The van der Waals surface area contributed by atoms with E-state index in [1.165, 1.54) is 11.3 Å². The number of likely N-dealkylation sites (N-methyl/N-ethyl adjacent to an activating group) is 1. The smallest absolute Gasteiger partial charge is 0.261 e. The third kappa shape index (κ3) is 5.12. The fourth-order valence-corrected chi connectivity index (χ4v) is 5.33. The number of aromatic amines is 1. The van der Waals surface area contributed by atoms with Crippen LogP contribution < -0.4 is 15.5 Å². The Labute approximate surface area is 214 Å². The number of fused-ring (bicyclic) bond motifs is 1. The molecule has 36 heavy (non-hydrogen) atoms.